The average molecular weight is 295 g/mol. The fourth-order valence-corrected chi connectivity index (χ4v) is 3.05. The summed E-state index contributed by atoms with van der Waals surface area (Å²) < 4.78 is 24.6. The topological polar surface area (TPSA) is 3.88 Å². The molecule has 0 bridgehead atoms. The summed E-state index contributed by atoms with van der Waals surface area (Å²) in [5.74, 6) is -0.132. The van der Waals surface area contributed by atoms with Crippen LogP contribution in [0.1, 0.15) is 23.8 Å². The van der Waals surface area contributed by atoms with E-state index in [4.69, 9.17) is 1.37 Å². The van der Waals surface area contributed by atoms with Gasteiger partial charge >= 0.3 is 0 Å². The van der Waals surface area contributed by atoms with Crippen LogP contribution in [0.2, 0.25) is 0 Å². The minimum absolute atomic E-state index is 0.132. The molecule has 0 atom stereocenters. The number of fused-ring (bicyclic) bond motifs is 1. The Morgan fingerprint density at radius 1 is 1.05 bits per heavy atom. The van der Waals surface area contributed by atoms with Gasteiger partial charge in [-0.25, -0.2) is 4.39 Å². The van der Waals surface area contributed by atoms with Gasteiger partial charge in [-0.1, -0.05) is 18.2 Å². The second kappa shape index (κ2) is 5.20. The molecule has 2 aromatic carbocycles. The minimum atomic E-state index is -0.132. The van der Waals surface area contributed by atoms with Crippen LogP contribution >= 0.6 is 0 Å². The predicted molar refractivity (Wildman–Crippen MR) is 89.5 cm³/mol. The van der Waals surface area contributed by atoms with Crippen LogP contribution < -0.4 is 4.57 Å². The van der Waals surface area contributed by atoms with Crippen LogP contribution in [-0.4, -0.2) is 0 Å². The molecular weight excluding hydrogens is 273 g/mol. The van der Waals surface area contributed by atoms with Gasteiger partial charge in [0.2, 0.25) is 5.69 Å². The summed E-state index contributed by atoms with van der Waals surface area (Å²) in [7, 11) is 1.97. The zero-order valence-electron chi connectivity index (χ0n) is 14.7. The van der Waals surface area contributed by atoms with Gasteiger partial charge in [-0.3, -0.25) is 0 Å². The molecule has 0 aliphatic heterocycles. The number of aromatic nitrogens is 1. The van der Waals surface area contributed by atoms with Gasteiger partial charge in [0.15, 0.2) is 5.69 Å². The van der Waals surface area contributed by atoms with E-state index in [0.29, 0.717) is 17.2 Å². The molecule has 2 heteroatoms. The lowest BCUT2D eigenvalue weighted by atomic mass is 9.93. The summed E-state index contributed by atoms with van der Waals surface area (Å²) in [5.41, 5.74) is 5.26. The van der Waals surface area contributed by atoms with Crippen LogP contribution in [0.15, 0.2) is 36.4 Å². The molecule has 3 rings (SSSR count). The van der Waals surface area contributed by atoms with Gasteiger partial charge in [-0.15, -0.1) is 0 Å². The highest BCUT2D eigenvalue weighted by Crippen LogP contribution is 2.32. The van der Waals surface area contributed by atoms with Crippen molar-refractivity contribution in [1.29, 1.82) is 0 Å². The summed E-state index contributed by atoms with van der Waals surface area (Å²) in [6, 6.07) is 10.4. The highest BCUT2D eigenvalue weighted by Gasteiger charge is 2.22. The minimum Gasteiger partial charge on any atom is -0.206 e. The first kappa shape index (κ1) is 13.4. The van der Waals surface area contributed by atoms with Crippen molar-refractivity contribution in [2.75, 3.05) is 0 Å². The Labute approximate surface area is 132 Å². The predicted octanol–water partition coefficient (Wildman–Crippen LogP) is 4.70. The Kier molecular flexibility index (Phi) is 3.18. The van der Waals surface area contributed by atoms with Gasteiger partial charge in [-0.2, -0.15) is 4.57 Å². The molecule has 22 heavy (non-hydrogen) atoms. The van der Waals surface area contributed by atoms with Gasteiger partial charge in [0.1, 0.15) is 12.9 Å². The first-order valence-electron chi connectivity index (χ1n) is 7.99. The van der Waals surface area contributed by atoms with Gasteiger partial charge in [0, 0.05) is 13.0 Å². The molecule has 0 amide bonds. The molecule has 1 heterocycles. The zero-order chi connectivity index (χ0) is 16.9. The summed E-state index contributed by atoms with van der Waals surface area (Å²) >= 11 is 0. The number of hydrogen-bond donors (Lipinski definition) is 0. The van der Waals surface area contributed by atoms with Crippen molar-refractivity contribution < 1.29 is 10.3 Å². The van der Waals surface area contributed by atoms with Crippen LogP contribution in [0, 0.1) is 33.5 Å². The Hall–Kier alpha value is -2.22. The molecular formula is C20H21FN+. The van der Waals surface area contributed by atoms with Crippen molar-refractivity contribution in [3.05, 3.63) is 64.6 Å². The Morgan fingerprint density at radius 3 is 2.45 bits per heavy atom. The highest BCUT2D eigenvalue weighted by atomic mass is 19.1. The number of benzene rings is 2. The SMILES string of the molecule is [2H]c1c(C)[n+](C)c(-c2cc(C)c(F)c(C)c2C)c2ccccc12. The van der Waals surface area contributed by atoms with Crippen LogP contribution in [0.5, 0.6) is 0 Å². The van der Waals surface area contributed by atoms with Gasteiger partial charge in [0.05, 0.1) is 12.3 Å². The zero-order valence-corrected chi connectivity index (χ0v) is 13.7. The average Bonchev–Trinajstić information content (AvgIpc) is 2.55. The van der Waals surface area contributed by atoms with Crippen molar-refractivity contribution in [2.24, 2.45) is 7.05 Å². The Morgan fingerprint density at radius 2 is 1.73 bits per heavy atom. The molecule has 0 radical (unpaired) electrons. The van der Waals surface area contributed by atoms with E-state index in [9.17, 15) is 4.39 Å². The standard InChI is InChI=1S/C20H21FN/c1-12-10-18(14(3)15(4)19(12)21)20-17-9-7-6-8-16(17)11-13(2)22(20)5/h6-11H,1-5H3/q+1/i11D. The summed E-state index contributed by atoms with van der Waals surface area (Å²) in [5, 5.41) is 1.95. The third-order valence-corrected chi connectivity index (χ3v) is 4.59. The third kappa shape index (κ3) is 2.10. The normalized spacial score (nSPS) is 11.8. The molecule has 1 nitrogen and oxygen atoms in total. The maximum Gasteiger partial charge on any atom is 0.220 e. The third-order valence-electron chi connectivity index (χ3n) is 4.59. The lowest BCUT2D eigenvalue weighted by Gasteiger charge is -2.13. The maximum absolute atomic E-state index is 14.2. The lowest BCUT2D eigenvalue weighted by Crippen LogP contribution is -2.35. The van der Waals surface area contributed by atoms with E-state index < -0.39 is 0 Å². The van der Waals surface area contributed by atoms with Crippen molar-refractivity contribution in [2.45, 2.75) is 27.7 Å². The van der Waals surface area contributed by atoms with E-state index in [1.54, 1.807) is 6.92 Å². The number of aryl methyl sites for hydroxylation is 1. The van der Waals surface area contributed by atoms with Gasteiger partial charge in [0.25, 0.3) is 0 Å². The van der Waals surface area contributed by atoms with Gasteiger partial charge < -0.3 is 0 Å². The molecule has 0 aliphatic rings. The molecule has 0 unspecified atom stereocenters. The Bertz CT molecular complexity index is 945. The molecule has 0 aliphatic carbocycles. The second-order valence-corrected chi connectivity index (χ2v) is 5.97. The van der Waals surface area contributed by atoms with Crippen LogP contribution in [-0.2, 0) is 7.05 Å². The highest BCUT2D eigenvalue weighted by molar-refractivity contribution is 5.94. The van der Waals surface area contributed by atoms with E-state index in [1.165, 1.54) is 0 Å². The van der Waals surface area contributed by atoms with Crippen molar-refractivity contribution in [3.8, 4) is 11.3 Å². The quantitative estimate of drug-likeness (QED) is 0.573. The van der Waals surface area contributed by atoms with E-state index in [1.807, 2.05) is 62.7 Å². The van der Waals surface area contributed by atoms with Crippen molar-refractivity contribution in [3.63, 3.8) is 0 Å². The van der Waals surface area contributed by atoms with Gasteiger partial charge in [-0.05, 0) is 55.0 Å². The smallest absolute Gasteiger partial charge is 0.206 e. The molecule has 1 aromatic heterocycles. The molecule has 0 fully saturated rings. The Balaban J connectivity index is 2.52. The lowest BCUT2D eigenvalue weighted by molar-refractivity contribution is -0.665. The van der Waals surface area contributed by atoms with E-state index >= 15 is 0 Å². The van der Waals surface area contributed by atoms with E-state index in [0.717, 1.165) is 33.3 Å². The summed E-state index contributed by atoms with van der Waals surface area (Å²) in [4.78, 5) is 0. The van der Waals surface area contributed by atoms with Crippen LogP contribution in [0.4, 0.5) is 4.39 Å². The molecule has 0 saturated carbocycles. The molecule has 0 N–H and O–H groups in total. The number of rotatable bonds is 1. The fraction of sp³-hybridized carbons (Fsp3) is 0.250. The van der Waals surface area contributed by atoms with Crippen LogP contribution in [0.3, 0.4) is 0 Å². The van der Waals surface area contributed by atoms with Crippen molar-refractivity contribution >= 4 is 10.8 Å². The number of halogens is 1. The second-order valence-electron chi connectivity index (χ2n) is 5.97. The maximum atomic E-state index is 14.2. The number of nitrogens with zero attached hydrogens (tertiary/aromatic N) is 1. The van der Waals surface area contributed by atoms with E-state index in [2.05, 4.69) is 0 Å². The first-order valence-corrected chi connectivity index (χ1v) is 7.49. The summed E-state index contributed by atoms with van der Waals surface area (Å²) in [6.45, 7) is 7.55. The largest absolute Gasteiger partial charge is 0.220 e. The number of hydrogen-bond acceptors (Lipinski definition) is 0. The monoisotopic (exact) mass is 295 g/mol. The molecule has 0 saturated heterocycles. The van der Waals surface area contributed by atoms with Crippen molar-refractivity contribution in [1.82, 2.24) is 0 Å². The molecule has 3 aromatic rings. The van der Waals surface area contributed by atoms with Crippen LogP contribution in [0.25, 0.3) is 22.0 Å². The fourth-order valence-electron chi connectivity index (χ4n) is 3.05. The first-order chi connectivity index (χ1) is 10.8. The molecule has 112 valence electrons. The molecule has 0 spiro atoms. The number of pyridine rings is 1. The summed E-state index contributed by atoms with van der Waals surface area (Å²) in [6.07, 6.45) is 0. The van der Waals surface area contributed by atoms with E-state index in [-0.39, 0.29) is 5.82 Å².